The van der Waals surface area contributed by atoms with E-state index in [0.29, 0.717) is 57.9 Å². The third-order valence-corrected chi connectivity index (χ3v) is 8.27. The monoisotopic (exact) mass is 537 g/mol. The van der Waals surface area contributed by atoms with Crippen molar-refractivity contribution in [3.8, 4) is 11.5 Å². The number of likely N-dealkylation sites (tertiary alicyclic amines) is 1. The van der Waals surface area contributed by atoms with Crippen molar-refractivity contribution in [2.75, 3.05) is 40.5 Å². The zero-order valence-electron chi connectivity index (χ0n) is 22.2. The number of ether oxygens (including phenoxy) is 4. The highest BCUT2D eigenvalue weighted by Gasteiger charge is 2.41. The highest BCUT2D eigenvalue weighted by atomic mass is 32.1. The van der Waals surface area contributed by atoms with Crippen LogP contribution < -0.4 is 9.47 Å². The molecule has 202 valence electrons. The van der Waals surface area contributed by atoms with Crippen molar-refractivity contribution in [1.82, 2.24) is 14.8 Å². The van der Waals surface area contributed by atoms with Crippen molar-refractivity contribution in [3.63, 3.8) is 0 Å². The number of aromatic nitrogens is 1. The molecule has 1 aromatic heterocycles. The number of nitrogens with zero attached hydrogens (tertiary/aromatic N) is 3. The maximum atomic E-state index is 13.2. The molecule has 2 saturated heterocycles. The van der Waals surface area contributed by atoms with Crippen molar-refractivity contribution in [3.05, 3.63) is 75.7 Å². The predicted molar refractivity (Wildman–Crippen MR) is 146 cm³/mol. The molecule has 0 saturated carbocycles. The molecule has 3 aromatic rings. The Balaban J connectivity index is 1.32. The molecule has 0 radical (unpaired) electrons. The van der Waals surface area contributed by atoms with Crippen LogP contribution in [0.4, 0.5) is 0 Å². The molecule has 1 amide bonds. The number of carbonyl (C=O) groups is 1. The Kier molecular flexibility index (Phi) is 8.28. The number of piperidine rings is 1. The molecule has 2 aromatic carbocycles. The standard InChI is InChI=1S/C29H35N3O5S/c1-21(22-7-5-4-6-8-22)32(18-23-9-10-24(34-2)17-26(23)35-3)19-27-30-25(20-38-27)28(33)31-13-11-29(12-14-31)36-15-16-37-29/h4-10,17,20-21H,11-16,18-19H2,1-3H3. The zero-order valence-corrected chi connectivity index (χ0v) is 23.0. The van der Waals surface area contributed by atoms with E-state index in [1.165, 1.54) is 16.9 Å². The Morgan fingerprint density at radius 3 is 2.50 bits per heavy atom. The van der Waals surface area contributed by atoms with Crippen LogP contribution in [0, 0.1) is 0 Å². The largest absolute Gasteiger partial charge is 0.497 e. The van der Waals surface area contributed by atoms with Crippen LogP contribution in [0.2, 0.25) is 0 Å². The molecule has 5 rings (SSSR count). The van der Waals surface area contributed by atoms with Gasteiger partial charge in [-0.05, 0) is 18.6 Å². The molecule has 0 aliphatic carbocycles. The lowest BCUT2D eigenvalue weighted by Crippen LogP contribution is -2.47. The van der Waals surface area contributed by atoms with Crippen LogP contribution in [-0.4, -0.2) is 67.0 Å². The van der Waals surface area contributed by atoms with Gasteiger partial charge in [0.15, 0.2) is 5.79 Å². The topological polar surface area (TPSA) is 73.4 Å². The molecule has 1 spiro atoms. The van der Waals surface area contributed by atoms with Crippen LogP contribution in [0.25, 0.3) is 0 Å². The first kappa shape index (κ1) is 26.6. The molecule has 8 nitrogen and oxygen atoms in total. The fourth-order valence-electron chi connectivity index (χ4n) is 5.13. The minimum atomic E-state index is -0.499. The fraction of sp³-hybridized carbons (Fsp3) is 0.448. The first-order valence-electron chi connectivity index (χ1n) is 13.0. The number of carbonyl (C=O) groups excluding carboxylic acids is 1. The molecule has 38 heavy (non-hydrogen) atoms. The number of methoxy groups -OCH3 is 2. The van der Waals surface area contributed by atoms with Crippen LogP contribution >= 0.6 is 11.3 Å². The molecule has 3 heterocycles. The summed E-state index contributed by atoms with van der Waals surface area (Å²) >= 11 is 1.53. The smallest absolute Gasteiger partial charge is 0.273 e. The molecule has 2 fully saturated rings. The molecule has 0 bridgehead atoms. The van der Waals surface area contributed by atoms with E-state index in [0.717, 1.165) is 22.1 Å². The Morgan fingerprint density at radius 2 is 1.82 bits per heavy atom. The van der Waals surface area contributed by atoms with Gasteiger partial charge in [-0.1, -0.05) is 36.4 Å². The summed E-state index contributed by atoms with van der Waals surface area (Å²) in [5, 5.41) is 2.78. The maximum Gasteiger partial charge on any atom is 0.273 e. The van der Waals surface area contributed by atoms with Gasteiger partial charge in [-0.25, -0.2) is 4.98 Å². The van der Waals surface area contributed by atoms with Gasteiger partial charge in [0.1, 0.15) is 22.2 Å². The minimum absolute atomic E-state index is 0.0279. The van der Waals surface area contributed by atoms with Gasteiger partial charge in [0.2, 0.25) is 0 Å². The summed E-state index contributed by atoms with van der Waals surface area (Å²) in [6.45, 7) is 5.93. The van der Waals surface area contributed by atoms with Crippen molar-refractivity contribution in [2.45, 2.75) is 44.7 Å². The molecule has 2 aliphatic rings. The average Bonchev–Trinajstić information content (AvgIpc) is 3.63. The molecular weight excluding hydrogens is 502 g/mol. The third kappa shape index (κ3) is 5.86. The summed E-state index contributed by atoms with van der Waals surface area (Å²) in [5.41, 5.74) is 2.78. The summed E-state index contributed by atoms with van der Waals surface area (Å²) in [5.74, 6) is 1.01. The van der Waals surface area contributed by atoms with E-state index in [9.17, 15) is 4.79 Å². The van der Waals surface area contributed by atoms with Crippen molar-refractivity contribution in [2.24, 2.45) is 0 Å². The van der Waals surface area contributed by atoms with Gasteiger partial charge < -0.3 is 23.8 Å². The maximum absolute atomic E-state index is 13.2. The Bertz CT molecular complexity index is 1220. The van der Waals surface area contributed by atoms with Crippen LogP contribution in [0.1, 0.15) is 52.4 Å². The number of rotatable bonds is 9. The fourth-order valence-corrected chi connectivity index (χ4v) is 5.92. The van der Waals surface area contributed by atoms with Crippen LogP contribution in [0.15, 0.2) is 53.9 Å². The van der Waals surface area contributed by atoms with Crippen LogP contribution in [0.5, 0.6) is 11.5 Å². The van der Waals surface area contributed by atoms with Crippen LogP contribution in [-0.2, 0) is 22.6 Å². The molecule has 1 unspecified atom stereocenters. The summed E-state index contributed by atoms with van der Waals surface area (Å²) in [7, 11) is 3.33. The van der Waals surface area contributed by atoms with Gasteiger partial charge in [-0.15, -0.1) is 11.3 Å². The number of thiazole rings is 1. The summed E-state index contributed by atoms with van der Waals surface area (Å²) < 4.78 is 22.7. The number of amides is 1. The van der Waals surface area contributed by atoms with E-state index in [-0.39, 0.29) is 11.9 Å². The lowest BCUT2D eigenvalue weighted by molar-refractivity contribution is -0.181. The average molecular weight is 538 g/mol. The van der Waals surface area contributed by atoms with Gasteiger partial charge in [0.25, 0.3) is 5.91 Å². The number of benzene rings is 2. The first-order chi connectivity index (χ1) is 18.5. The third-order valence-electron chi connectivity index (χ3n) is 7.43. The van der Waals surface area contributed by atoms with Gasteiger partial charge in [0, 0.05) is 55.5 Å². The Hall–Kier alpha value is -2.98. The van der Waals surface area contributed by atoms with Gasteiger partial charge in [-0.2, -0.15) is 0 Å². The lowest BCUT2D eigenvalue weighted by Gasteiger charge is -2.37. The lowest BCUT2D eigenvalue weighted by atomic mass is 10.0. The van der Waals surface area contributed by atoms with Crippen molar-refractivity contribution >= 4 is 17.2 Å². The van der Waals surface area contributed by atoms with E-state index < -0.39 is 5.79 Å². The Morgan fingerprint density at radius 1 is 1.08 bits per heavy atom. The summed E-state index contributed by atoms with van der Waals surface area (Å²) in [6.07, 6.45) is 1.39. The van der Waals surface area contributed by atoms with Crippen molar-refractivity contribution < 1.29 is 23.7 Å². The van der Waals surface area contributed by atoms with E-state index in [1.54, 1.807) is 14.2 Å². The second-order valence-electron chi connectivity index (χ2n) is 9.70. The van der Waals surface area contributed by atoms with Gasteiger partial charge in [0.05, 0.1) is 34.0 Å². The predicted octanol–water partition coefficient (Wildman–Crippen LogP) is 4.90. The summed E-state index contributed by atoms with van der Waals surface area (Å²) in [4.78, 5) is 22.2. The van der Waals surface area contributed by atoms with E-state index in [4.69, 9.17) is 23.9 Å². The molecule has 9 heteroatoms. The minimum Gasteiger partial charge on any atom is -0.497 e. The van der Waals surface area contributed by atoms with Gasteiger partial charge >= 0.3 is 0 Å². The summed E-state index contributed by atoms with van der Waals surface area (Å²) in [6, 6.07) is 16.4. The van der Waals surface area contributed by atoms with E-state index in [2.05, 4.69) is 36.1 Å². The second kappa shape index (κ2) is 11.8. The number of hydrogen-bond donors (Lipinski definition) is 0. The number of hydrogen-bond acceptors (Lipinski definition) is 8. The quantitative estimate of drug-likeness (QED) is 0.384. The normalized spacial score (nSPS) is 17.6. The van der Waals surface area contributed by atoms with E-state index >= 15 is 0 Å². The SMILES string of the molecule is COc1ccc(CN(Cc2nc(C(=O)N3CCC4(CC3)OCCO4)cs2)C(C)c2ccccc2)c(OC)c1. The highest BCUT2D eigenvalue weighted by Crippen LogP contribution is 2.33. The van der Waals surface area contributed by atoms with Gasteiger partial charge in [-0.3, -0.25) is 9.69 Å². The first-order valence-corrected chi connectivity index (χ1v) is 13.9. The Labute approximate surface area is 228 Å². The molecule has 1 atom stereocenters. The van der Waals surface area contributed by atoms with Crippen molar-refractivity contribution in [1.29, 1.82) is 0 Å². The van der Waals surface area contributed by atoms with Crippen LogP contribution in [0.3, 0.4) is 0 Å². The molecule has 0 N–H and O–H groups in total. The molecular formula is C29H35N3O5S. The van der Waals surface area contributed by atoms with E-state index in [1.807, 2.05) is 34.5 Å². The highest BCUT2D eigenvalue weighted by molar-refractivity contribution is 7.09. The zero-order chi connectivity index (χ0) is 26.5. The second-order valence-corrected chi connectivity index (χ2v) is 10.6. The molecule has 2 aliphatic heterocycles.